The Bertz CT molecular complexity index is 409. The maximum Gasteiger partial charge on any atom is 0.251 e. The van der Waals surface area contributed by atoms with E-state index in [9.17, 15) is 4.79 Å². The summed E-state index contributed by atoms with van der Waals surface area (Å²) in [6.45, 7) is 5.07. The Morgan fingerprint density at radius 2 is 2.00 bits per heavy atom. The summed E-state index contributed by atoms with van der Waals surface area (Å²) in [5.41, 5.74) is 1.84. The Labute approximate surface area is 109 Å². The molecule has 0 unspecified atom stereocenters. The van der Waals surface area contributed by atoms with Crippen molar-refractivity contribution in [3.63, 3.8) is 0 Å². The molecule has 1 aromatic rings. The van der Waals surface area contributed by atoms with Gasteiger partial charge in [0.25, 0.3) is 5.91 Å². The van der Waals surface area contributed by atoms with Crippen LogP contribution in [0.15, 0.2) is 24.3 Å². The van der Waals surface area contributed by atoms with Gasteiger partial charge in [-0.1, -0.05) is 18.2 Å². The summed E-state index contributed by atoms with van der Waals surface area (Å²) < 4.78 is 0. The van der Waals surface area contributed by atoms with Crippen LogP contribution in [0.1, 0.15) is 28.8 Å². The number of nitrogens with one attached hydrogen (secondary N) is 1. The van der Waals surface area contributed by atoms with E-state index in [4.69, 9.17) is 0 Å². The molecule has 0 aliphatic carbocycles. The highest BCUT2D eigenvalue weighted by Crippen LogP contribution is 2.15. The normalized spacial score (nSPS) is 17.7. The zero-order chi connectivity index (χ0) is 13.0. The van der Waals surface area contributed by atoms with Crippen molar-refractivity contribution in [2.24, 2.45) is 5.92 Å². The minimum Gasteiger partial charge on any atom is -0.352 e. The molecule has 1 amide bonds. The number of benzene rings is 1. The molecule has 1 aliphatic heterocycles. The molecule has 18 heavy (non-hydrogen) atoms. The average molecular weight is 246 g/mol. The van der Waals surface area contributed by atoms with Gasteiger partial charge in [-0.05, 0) is 57.5 Å². The standard InChI is InChI=1S/C15H22N2O/c1-12-5-3-4-6-14(12)15(18)16-11-13-7-9-17(2)10-8-13/h3-6,13H,7-11H2,1-2H3,(H,16,18). The second kappa shape index (κ2) is 6.01. The lowest BCUT2D eigenvalue weighted by Crippen LogP contribution is -2.37. The second-order valence-corrected chi connectivity index (χ2v) is 5.27. The van der Waals surface area contributed by atoms with Gasteiger partial charge < -0.3 is 10.2 Å². The summed E-state index contributed by atoms with van der Waals surface area (Å²) in [5, 5.41) is 3.07. The quantitative estimate of drug-likeness (QED) is 0.885. The first-order valence-electron chi connectivity index (χ1n) is 6.69. The molecule has 1 aromatic carbocycles. The van der Waals surface area contributed by atoms with Crippen molar-refractivity contribution < 1.29 is 4.79 Å². The molecule has 1 N–H and O–H groups in total. The third-order valence-corrected chi connectivity index (χ3v) is 3.78. The number of aryl methyl sites for hydroxylation is 1. The Kier molecular flexibility index (Phi) is 4.37. The van der Waals surface area contributed by atoms with Gasteiger partial charge >= 0.3 is 0 Å². The van der Waals surface area contributed by atoms with E-state index in [2.05, 4.69) is 17.3 Å². The van der Waals surface area contributed by atoms with Gasteiger partial charge in [0.05, 0.1) is 0 Å². The molecule has 1 fully saturated rings. The molecule has 0 aromatic heterocycles. The number of carbonyl (C=O) groups is 1. The largest absolute Gasteiger partial charge is 0.352 e. The molecule has 0 atom stereocenters. The highest BCUT2D eigenvalue weighted by molar-refractivity contribution is 5.95. The van der Waals surface area contributed by atoms with Crippen LogP contribution in [0.4, 0.5) is 0 Å². The Morgan fingerprint density at radius 3 is 2.67 bits per heavy atom. The SMILES string of the molecule is Cc1ccccc1C(=O)NCC1CCN(C)CC1. The monoisotopic (exact) mass is 246 g/mol. The molecule has 3 nitrogen and oxygen atoms in total. The predicted molar refractivity (Wildman–Crippen MR) is 73.7 cm³/mol. The molecule has 3 heteroatoms. The van der Waals surface area contributed by atoms with E-state index in [0.29, 0.717) is 5.92 Å². The molecule has 0 bridgehead atoms. The molecular formula is C15H22N2O. The summed E-state index contributed by atoms with van der Waals surface area (Å²) in [7, 11) is 2.15. The van der Waals surface area contributed by atoms with E-state index in [1.165, 1.54) is 12.8 Å². The summed E-state index contributed by atoms with van der Waals surface area (Å²) in [6.07, 6.45) is 2.37. The molecular weight excluding hydrogens is 224 g/mol. The highest BCUT2D eigenvalue weighted by atomic mass is 16.1. The third-order valence-electron chi connectivity index (χ3n) is 3.78. The van der Waals surface area contributed by atoms with Crippen LogP contribution < -0.4 is 5.32 Å². The Balaban J connectivity index is 1.84. The fourth-order valence-electron chi connectivity index (χ4n) is 2.43. The van der Waals surface area contributed by atoms with Gasteiger partial charge in [0.1, 0.15) is 0 Å². The number of nitrogens with zero attached hydrogens (tertiary/aromatic N) is 1. The average Bonchev–Trinajstić information content (AvgIpc) is 2.38. The minimum absolute atomic E-state index is 0.0621. The van der Waals surface area contributed by atoms with Gasteiger partial charge in [-0.2, -0.15) is 0 Å². The van der Waals surface area contributed by atoms with Crippen LogP contribution in [0.2, 0.25) is 0 Å². The first kappa shape index (κ1) is 13.1. The predicted octanol–water partition coefficient (Wildman–Crippen LogP) is 2.07. The van der Waals surface area contributed by atoms with Crippen LogP contribution >= 0.6 is 0 Å². The zero-order valence-electron chi connectivity index (χ0n) is 11.3. The van der Waals surface area contributed by atoms with Crippen molar-refractivity contribution in [2.45, 2.75) is 19.8 Å². The lowest BCUT2D eigenvalue weighted by atomic mass is 9.97. The van der Waals surface area contributed by atoms with E-state index in [0.717, 1.165) is 30.8 Å². The van der Waals surface area contributed by atoms with Gasteiger partial charge in [-0.3, -0.25) is 4.79 Å². The summed E-state index contributed by atoms with van der Waals surface area (Å²) >= 11 is 0. The molecule has 1 aliphatic rings. The van der Waals surface area contributed by atoms with Gasteiger partial charge in [0, 0.05) is 12.1 Å². The van der Waals surface area contributed by atoms with E-state index in [-0.39, 0.29) is 5.91 Å². The number of carbonyl (C=O) groups excluding carboxylic acids is 1. The lowest BCUT2D eigenvalue weighted by Gasteiger charge is -2.29. The van der Waals surface area contributed by atoms with E-state index >= 15 is 0 Å². The van der Waals surface area contributed by atoms with Crippen molar-refractivity contribution >= 4 is 5.91 Å². The number of likely N-dealkylation sites (tertiary alicyclic amines) is 1. The van der Waals surface area contributed by atoms with Crippen molar-refractivity contribution in [1.82, 2.24) is 10.2 Å². The van der Waals surface area contributed by atoms with Crippen molar-refractivity contribution in [3.05, 3.63) is 35.4 Å². The molecule has 0 saturated carbocycles. The molecule has 98 valence electrons. The Morgan fingerprint density at radius 1 is 1.33 bits per heavy atom. The molecule has 2 rings (SSSR count). The third kappa shape index (κ3) is 3.33. The van der Waals surface area contributed by atoms with Crippen LogP contribution in [0, 0.1) is 12.8 Å². The summed E-state index contributed by atoms with van der Waals surface area (Å²) in [5.74, 6) is 0.696. The molecule has 1 heterocycles. The van der Waals surface area contributed by atoms with E-state index in [1.54, 1.807) is 0 Å². The lowest BCUT2D eigenvalue weighted by molar-refractivity contribution is 0.0938. The van der Waals surface area contributed by atoms with Crippen LogP contribution in [-0.4, -0.2) is 37.5 Å². The van der Waals surface area contributed by atoms with Crippen LogP contribution in [-0.2, 0) is 0 Å². The van der Waals surface area contributed by atoms with Gasteiger partial charge in [-0.25, -0.2) is 0 Å². The van der Waals surface area contributed by atoms with Crippen molar-refractivity contribution in [3.8, 4) is 0 Å². The van der Waals surface area contributed by atoms with E-state index < -0.39 is 0 Å². The molecule has 0 radical (unpaired) electrons. The number of rotatable bonds is 3. The van der Waals surface area contributed by atoms with E-state index in [1.807, 2.05) is 31.2 Å². The highest BCUT2D eigenvalue weighted by Gasteiger charge is 2.17. The van der Waals surface area contributed by atoms with Gasteiger partial charge in [0.15, 0.2) is 0 Å². The fourth-order valence-corrected chi connectivity index (χ4v) is 2.43. The van der Waals surface area contributed by atoms with Crippen LogP contribution in [0.25, 0.3) is 0 Å². The first-order valence-corrected chi connectivity index (χ1v) is 6.69. The summed E-state index contributed by atoms with van der Waals surface area (Å²) in [4.78, 5) is 14.4. The first-order chi connectivity index (χ1) is 8.66. The maximum atomic E-state index is 12.1. The maximum absolute atomic E-state index is 12.1. The number of hydrogen-bond donors (Lipinski definition) is 1. The topological polar surface area (TPSA) is 32.3 Å². The zero-order valence-corrected chi connectivity index (χ0v) is 11.3. The molecule has 0 spiro atoms. The smallest absolute Gasteiger partial charge is 0.251 e. The number of piperidine rings is 1. The van der Waals surface area contributed by atoms with Gasteiger partial charge in [-0.15, -0.1) is 0 Å². The van der Waals surface area contributed by atoms with Crippen LogP contribution in [0.3, 0.4) is 0 Å². The number of amides is 1. The van der Waals surface area contributed by atoms with Crippen molar-refractivity contribution in [1.29, 1.82) is 0 Å². The van der Waals surface area contributed by atoms with Crippen LogP contribution in [0.5, 0.6) is 0 Å². The fraction of sp³-hybridized carbons (Fsp3) is 0.533. The second-order valence-electron chi connectivity index (χ2n) is 5.27. The van der Waals surface area contributed by atoms with Gasteiger partial charge in [0.2, 0.25) is 0 Å². The molecule has 1 saturated heterocycles. The van der Waals surface area contributed by atoms with Crippen molar-refractivity contribution in [2.75, 3.05) is 26.7 Å². The number of hydrogen-bond acceptors (Lipinski definition) is 2. The minimum atomic E-state index is 0.0621. The Hall–Kier alpha value is -1.35. The summed E-state index contributed by atoms with van der Waals surface area (Å²) in [6, 6.07) is 7.74.